The highest BCUT2D eigenvalue weighted by Crippen LogP contribution is 2.24. The Bertz CT molecular complexity index is 1270. The molecular weight excluding hydrogens is 400 g/mol. The van der Waals surface area contributed by atoms with Crippen LogP contribution in [0.4, 0.5) is 23.1 Å². The summed E-state index contributed by atoms with van der Waals surface area (Å²) >= 11 is 0. The molecule has 0 atom stereocenters. The molecule has 1 aliphatic rings. The van der Waals surface area contributed by atoms with Crippen molar-refractivity contribution in [1.29, 1.82) is 0 Å². The highest BCUT2D eigenvalue weighted by molar-refractivity contribution is 6.13. The van der Waals surface area contributed by atoms with Crippen molar-refractivity contribution in [3.63, 3.8) is 0 Å². The molecule has 4 aromatic rings. The molecule has 1 saturated heterocycles. The molecule has 3 heterocycles. The minimum Gasteiger partial charge on any atom is -0.350 e. The first-order chi connectivity index (χ1) is 15.6. The summed E-state index contributed by atoms with van der Waals surface area (Å²) in [7, 11) is 1.95. The number of benzene rings is 2. The van der Waals surface area contributed by atoms with E-state index in [9.17, 15) is 4.79 Å². The largest absolute Gasteiger partial charge is 0.350 e. The fourth-order valence-electron chi connectivity index (χ4n) is 4.18. The zero-order valence-corrected chi connectivity index (χ0v) is 18.3. The van der Waals surface area contributed by atoms with E-state index in [1.165, 1.54) is 12.8 Å². The van der Waals surface area contributed by atoms with Gasteiger partial charge in [-0.3, -0.25) is 4.79 Å². The summed E-state index contributed by atoms with van der Waals surface area (Å²) in [5.74, 6) is 1.43. The van der Waals surface area contributed by atoms with Gasteiger partial charge in [-0.2, -0.15) is 4.98 Å². The van der Waals surface area contributed by atoms with Crippen LogP contribution in [0.3, 0.4) is 0 Å². The summed E-state index contributed by atoms with van der Waals surface area (Å²) in [6, 6.07) is 17.5. The summed E-state index contributed by atoms with van der Waals surface area (Å²) in [6.45, 7) is 4.00. The van der Waals surface area contributed by atoms with Crippen LogP contribution < -0.4 is 15.5 Å². The standard InChI is InChI=1S/C25H26N6O/c1-17-15-23(29-25(26-17)31-13-5-6-14-31)27-18-9-11-19(12-10-18)28-24(32)21-16-30(2)22-8-4-3-7-20(21)22/h3-4,7-12,15-16H,5-6,13-14H2,1-2H3,(H,28,32)(H,26,27,29). The van der Waals surface area contributed by atoms with Crippen molar-refractivity contribution in [2.24, 2.45) is 7.05 Å². The van der Waals surface area contributed by atoms with Crippen molar-refractivity contribution in [2.75, 3.05) is 28.6 Å². The summed E-state index contributed by atoms with van der Waals surface area (Å²) < 4.78 is 1.97. The smallest absolute Gasteiger partial charge is 0.257 e. The van der Waals surface area contributed by atoms with Crippen LogP contribution in [0.25, 0.3) is 10.9 Å². The second kappa shape index (κ2) is 8.34. The van der Waals surface area contributed by atoms with E-state index in [0.717, 1.165) is 52.8 Å². The molecule has 7 nitrogen and oxygen atoms in total. The van der Waals surface area contributed by atoms with Crippen molar-refractivity contribution in [3.8, 4) is 0 Å². The van der Waals surface area contributed by atoms with Crippen molar-refractivity contribution in [1.82, 2.24) is 14.5 Å². The maximum Gasteiger partial charge on any atom is 0.257 e. The third-order valence-electron chi connectivity index (χ3n) is 5.79. The Morgan fingerprint density at radius 2 is 1.69 bits per heavy atom. The van der Waals surface area contributed by atoms with Crippen LogP contribution in [0, 0.1) is 6.92 Å². The van der Waals surface area contributed by atoms with Crippen LogP contribution in [-0.2, 0) is 7.05 Å². The van der Waals surface area contributed by atoms with E-state index in [0.29, 0.717) is 5.56 Å². The second-order valence-corrected chi connectivity index (χ2v) is 8.22. The average Bonchev–Trinajstić information content (AvgIpc) is 3.44. The number of carbonyl (C=O) groups excluding carboxylic acids is 1. The van der Waals surface area contributed by atoms with E-state index < -0.39 is 0 Å². The first-order valence-electron chi connectivity index (χ1n) is 10.9. The molecule has 5 rings (SSSR count). The molecule has 0 aliphatic carbocycles. The normalized spacial score (nSPS) is 13.5. The first-order valence-corrected chi connectivity index (χ1v) is 10.9. The van der Waals surface area contributed by atoms with Gasteiger partial charge in [0.15, 0.2) is 0 Å². The maximum atomic E-state index is 12.9. The fourth-order valence-corrected chi connectivity index (χ4v) is 4.18. The molecule has 2 aromatic heterocycles. The van der Waals surface area contributed by atoms with E-state index in [1.807, 2.05) is 79.3 Å². The molecule has 0 saturated carbocycles. The highest BCUT2D eigenvalue weighted by atomic mass is 16.1. The van der Waals surface area contributed by atoms with Crippen molar-refractivity contribution < 1.29 is 4.79 Å². The number of nitrogens with zero attached hydrogens (tertiary/aromatic N) is 4. The SMILES string of the molecule is Cc1cc(Nc2ccc(NC(=O)c3cn(C)c4ccccc34)cc2)nc(N2CCCC2)n1. The van der Waals surface area contributed by atoms with E-state index in [4.69, 9.17) is 0 Å². The van der Waals surface area contributed by atoms with Gasteiger partial charge in [0.1, 0.15) is 5.82 Å². The Balaban J connectivity index is 1.30. The lowest BCUT2D eigenvalue weighted by Crippen LogP contribution is -2.21. The van der Waals surface area contributed by atoms with Gasteiger partial charge in [-0.05, 0) is 50.1 Å². The van der Waals surface area contributed by atoms with Gasteiger partial charge in [0.25, 0.3) is 5.91 Å². The molecule has 7 heteroatoms. The predicted molar refractivity (Wildman–Crippen MR) is 129 cm³/mol. The lowest BCUT2D eigenvalue weighted by Gasteiger charge is -2.17. The number of carbonyl (C=O) groups is 1. The molecule has 2 aromatic carbocycles. The highest BCUT2D eigenvalue weighted by Gasteiger charge is 2.16. The van der Waals surface area contributed by atoms with E-state index in [-0.39, 0.29) is 5.91 Å². The summed E-state index contributed by atoms with van der Waals surface area (Å²) in [5.41, 5.74) is 4.27. The number of hydrogen-bond acceptors (Lipinski definition) is 5. The predicted octanol–water partition coefficient (Wildman–Crippen LogP) is 4.87. The van der Waals surface area contributed by atoms with Crippen LogP contribution in [0.5, 0.6) is 0 Å². The number of aryl methyl sites for hydroxylation is 2. The molecule has 2 N–H and O–H groups in total. The number of fused-ring (bicyclic) bond motifs is 1. The average molecular weight is 427 g/mol. The lowest BCUT2D eigenvalue weighted by molar-refractivity contribution is 0.102. The molecule has 0 spiro atoms. The number of para-hydroxylation sites is 1. The fraction of sp³-hybridized carbons (Fsp3) is 0.240. The Hall–Kier alpha value is -3.87. The third kappa shape index (κ3) is 4.01. The number of hydrogen-bond donors (Lipinski definition) is 2. The molecule has 162 valence electrons. The number of amides is 1. The van der Waals surface area contributed by atoms with Crippen LogP contribution in [0.15, 0.2) is 60.8 Å². The topological polar surface area (TPSA) is 75.1 Å². The molecule has 1 fully saturated rings. The van der Waals surface area contributed by atoms with Crippen molar-refractivity contribution in [3.05, 3.63) is 72.1 Å². The zero-order valence-electron chi connectivity index (χ0n) is 18.3. The number of anilines is 4. The molecule has 32 heavy (non-hydrogen) atoms. The number of aromatic nitrogens is 3. The van der Waals surface area contributed by atoms with Crippen LogP contribution >= 0.6 is 0 Å². The summed E-state index contributed by atoms with van der Waals surface area (Å²) in [6.07, 6.45) is 4.24. The van der Waals surface area contributed by atoms with E-state index in [1.54, 1.807) is 0 Å². The Kier molecular flexibility index (Phi) is 5.23. The van der Waals surface area contributed by atoms with Gasteiger partial charge in [0.05, 0.1) is 5.56 Å². The van der Waals surface area contributed by atoms with Gasteiger partial charge in [-0.25, -0.2) is 4.98 Å². The van der Waals surface area contributed by atoms with Gasteiger partial charge >= 0.3 is 0 Å². The van der Waals surface area contributed by atoms with Gasteiger partial charge in [0.2, 0.25) is 5.95 Å². The molecular formula is C25H26N6O. The minimum absolute atomic E-state index is 0.121. The molecule has 0 bridgehead atoms. The zero-order chi connectivity index (χ0) is 22.1. The number of rotatable bonds is 5. The Morgan fingerprint density at radius 1 is 0.969 bits per heavy atom. The Labute approximate surface area is 187 Å². The van der Waals surface area contributed by atoms with Crippen LogP contribution in [0.1, 0.15) is 28.9 Å². The van der Waals surface area contributed by atoms with Gasteiger partial charge in [-0.15, -0.1) is 0 Å². The van der Waals surface area contributed by atoms with E-state index >= 15 is 0 Å². The van der Waals surface area contributed by atoms with Crippen molar-refractivity contribution in [2.45, 2.75) is 19.8 Å². The lowest BCUT2D eigenvalue weighted by atomic mass is 10.1. The molecule has 0 unspecified atom stereocenters. The number of nitrogens with one attached hydrogen (secondary N) is 2. The first kappa shape index (κ1) is 20.1. The molecule has 1 amide bonds. The van der Waals surface area contributed by atoms with E-state index in [2.05, 4.69) is 25.5 Å². The summed E-state index contributed by atoms with van der Waals surface area (Å²) in [5, 5.41) is 7.30. The molecule has 0 radical (unpaired) electrons. The summed E-state index contributed by atoms with van der Waals surface area (Å²) in [4.78, 5) is 24.3. The second-order valence-electron chi connectivity index (χ2n) is 8.22. The third-order valence-corrected chi connectivity index (χ3v) is 5.79. The quantitative estimate of drug-likeness (QED) is 0.476. The van der Waals surface area contributed by atoms with Gasteiger partial charge in [0, 0.05) is 60.4 Å². The van der Waals surface area contributed by atoms with Crippen LogP contribution in [0.2, 0.25) is 0 Å². The van der Waals surface area contributed by atoms with Gasteiger partial charge < -0.3 is 20.1 Å². The minimum atomic E-state index is -0.121. The van der Waals surface area contributed by atoms with Crippen molar-refractivity contribution >= 4 is 40.0 Å². The van der Waals surface area contributed by atoms with Crippen LogP contribution in [-0.4, -0.2) is 33.5 Å². The Morgan fingerprint density at radius 3 is 2.47 bits per heavy atom. The van der Waals surface area contributed by atoms with Gasteiger partial charge in [-0.1, -0.05) is 18.2 Å². The molecule has 1 aliphatic heterocycles. The monoisotopic (exact) mass is 426 g/mol. The maximum absolute atomic E-state index is 12.9.